The molecule has 0 unspecified atom stereocenters. The fourth-order valence-corrected chi connectivity index (χ4v) is 3.28. The van der Waals surface area contributed by atoms with Crippen molar-refractivity contribution in [2.75, 3.05) is 26.7 Å². The van der Waals surface area contributed by atoms with E-state index in [2.05, 4.69) is 27.8 Å². The highest BCUT2D eigenvalue weighted by Crippen LogP contribution is 2.22. The number of amides is 1. The number of nitrogens with zero attached hydrogens (tertiary/aromatic N) is 2. The number of nitrogens with one attached hydrogen (secondary N) is 2. The van der Waals surface area contributed by atoms with E-state index in [9.17, 15) is 4.79 Å². The minimum atomic E-state index is 0.208. The molecule has 0 saturated carbocycles. The van der Waals surface area contributed by atoms with Crippen LogP contribution in [0.3, 0.4) is 0 Å². The van der Waals surface area contributed by atoms with Crippen molar-refractivity contribution in [2.24, 2.45) is 4.99 Å². The minimum absolute atomic E-state index is 0.208. The summed E-state index contributed by atoms with van der Waals surface area (Å²) >= 11 is 0. The van der Waals surface area contributed by atoms with Crippen molar-refractivity contribution in [1.82, 2.24) is 15.5 Å². The smallest absolute Gasteiger partial charge is 0.223 e. The van der Waals surface area contributed by atoms with Gasteiger partial charge in [-0.05, 0) is 36.1 Å². The summed E-state index contributed by atoms with van der Waals surface area (Å²) in [6.45, 7) is 4.08. The van der Waals surface area contributed by atoms with E-state index in [1.54, 1.807) is 13.3 Å². The van der Waals surface area contributed by atoms with E-state index in [4.69, 9.17) is 9.15 Å². The first kappa shape index (κ1) is 20.9. The number of guanidine groups is 1. The number of fused-ring (bicyclic) bond motifs is 1. The van der Waals surface area contributed by atoms with Gasteiger partial charge in [0.15, 0.2) is 5.96 Å². The standard InChI is InChI=1S/C22H30N4O3/c1-23-22(25-12-6-13-28-17-20-9-5-14-29-20)24-11-4-10-21(27)26-15-18-7-2-3-8-19(18)16-26/h2-3,5,7-9,14H,4,6,10-13,15-17H2,1H3,(H2,23,24,25). The lowest BCUT2D eigenvalue weighted by Crippen LogP contribution is -2.38. The molecule has 7 heteroatoms. The molecular formula is C22H30N4O3. The maximum absolute atomic E-state index is 12.4. The van der Waals surface area contributed by atoms with Gasteiger partial charge in [0.2, 0.25) is 5.91 Å². The summed E-state index contributed by atoms with van der Waals surface area (Å²) in [5.41, 5.74) is 2.52. The lowest BCUT2D eigenvalue weighted by Gasteiger charge is -2.16. The molecule has 0 aliphatic carbocycles. The van der Waals surface area contributed by atoms with Crippen molar-refractivity contribution in [3.63, 3.8) is 0 Å². The fourth-order valence-electron chi connectivity index (χ4n) is 3.28. The van der Waals surface area contributed by atoms with Crippen LogP contribution in [0.4, 0.5) is 0 Å². The van der Waals surface area contributed by atoms with Gasteiger partial charge in [0.25, 0.3) is 0 Å². The predicted molar refractivity (Wildman–Crippen MR) is 112 cm³/mol. The summed E-state index contributed by atoms with van der Waals surface area (Å²) in [6, 6.07) is 12.0. The molecule has 0 saturated heterocycles. The molecule has 0 bridgehead atoms. The number of carbonyl (C=O) groups is 1. The second kappa shape index (κ2) is 11.3. The molecule has 0 radical (unpaired) electrons. The third-order valence-corrected chi connectivity index (χ3v) is 4.86. The number of hydrogen-bond donors (Lipinski definition) is 2. The van der Waals surface area contributed by atoms with E-state index in [0.717, 1.165) is 44.2 Å². The van der Waals surface area contributed by atoms with Crippen molar-refractivity contribution in [3.05, 3.63) is 59.5 Å². The average molecular weight is 399 g/mol. The fraction of sp³-hybridized carbons (Fsp3) is 0.455. The molecular weight excluding hydrogens is 368 g/mol. The van der Waals surface area contributed by atoms with Crippen LogP contribution in [0.2, 0.25) is 0 Å². The van der Waals surface area contributed by atoms with E-state index in [1.807, 2.05) is 29.2 Å². The molecule has 1 amide bonds. The summed E-state index contributed by atoms with van der Waals surface area (Å²) in [5.74, 6) is 1.79. The van der Waals surface area contributed by atoms with Gasteiger partial charge in [0.05, 0.1) is 6.26 Å². The molecule has 7 nitrogen and oxygen atoms in total. The van der Waals surface area contributed by atoms with Gasteiger partial charge in [0.1, 0.15) is 12.4 Å². The Hall–Kier alpha value is -2.80. The Bertz CT molecular complexity index is 764. The molecule has 1 aromatic carbocycles. The molecule has 0 spiro atoms. The van der Waals surface area contributed by atoms with Crippen LogP contribution in [0.25, 0.3) is 0 Å². The third-order valence-electron chi connectivity index (χ3n) is 4.86. The highest BCUT2D eigenvalue weighted by Gasteiger charge is 2.22. The number of rotatable bonds is 10. The van der Waals surface area contributed by atoms with E-state index in [1.165, 1.54) is 11.1 Å². The lowest BCUT2D eigenvalue weighted by molar-refractivity contribution is -0.131. The number of furan rings is 1. The highest BCUT2D eigenvalue weighted by molar-refractivity contribution is 5.80. The summed E-state index contributed by atoms with van der Waals surface area (Å²) in [5, 5.41) is 6.52. The normalized spacial score (nSPS) is 13.4. The first-order chi connectivity index (χ1) is 14.3. The zero-order valence-electron chi connectivity index (χ0n) is 17.0. The molecule has 1 aromatic heterocycles. The molecule has 1 aliphatic rings. The van der Waals surface area contributed by atoms with Crippen LogP contribution in [-0.4, -0.2) is 43.5 Å². The van der Waals surface area contributed by atoms with Gasteiger partial charge in [0, 0.05) is 46.3 Å². The summed E-state index contributed by atoms with van der Waals surface area (Å²) in [4.78, 5) is 18.6. The predicted octanol–water partition coefficient (Wildman–Crippen LogP) is 2.67. The molecule has 0 fully saturated rings. The van der Waals surface area contributed by atoms with Crippen LogP contribution in [0, 0.1) is 0 Å². The van der Waals surface area contributed by atoms with Crippen molar-refractivity contribution >= 4 is 11.9 Å². The van der Waals surface area contributed by atoms with Crippen LogP contribution >= 0.6 is 0 Å². The molecule has 2 aromatic rings. The topological polar surface area (TPSA) is 79.1 Å². The van der Waals surface area contributed by atoms with Crippen LogP contribution in [0.15, 0.2) is 52.1 Å². The van der Waals surface area contributed by atoms with Gasteiger partial charge in [-0.15, -0.1) is 0 Å². The molecule has 3 rings (SSSR count). The summed E-state index contributed by atoms with van der Waals surface area (Å²) in [6.07, 6.45) is 3.83. The van der Waals surface area contributed by atoms with Crippen molar-refractivity contribution in [2.45, 2.75) is 39.0 Å². The average Bonchev–Trinajstić information content (AvgIpc) is 3.41. The quantitative estimate of drug-likeness (QED) is 0.365. The second-order valence-electron chi connectivity index (χ2n) is 7.03. The van der Waals surface area contributed by atoms with Crippen molar-refractivity contribution in [3.8, 4) is 0 Å². The largest absolute Gasteiger partial charge is 0.467 e. The van der Waals surface area contributed by atoms with Gasteiger partial charge < -0.3 is 24.7 Å². The first-order valence-corrected chi connectivity index (χ1v) is 10.2. The van der Waals surface area contributed by atoms with Crippen molar-refractivity contribution < 1.29 is 13.9 Å². The van der Waals surface area contributed by atoms with Gasteiger partial charge >= 0.3 is 0 Å². The van der Waals surface area contributed by atoms with Crippen molar-refractivity contribution in [1.29, 1.82) is 0 Å². The van der Waals surface area contributed by atoms with Gasteiger partial charge in [-0.25, -0.2) is 0 Å². The maximum atomic E-state index is 12.4. The minimum Gasteiger partial charge on any atom is -0.467 e. The van der Waals surface area contributed by atoms with Crippen LogP contribution in [-0.2, 0) is 29.2 Å². The number of aliphatic imine (C=N–C) groups is 1. The zero-order valence-corrected chi connectivity index (χ0v) is 17.0. The first-order valence-electron chi connectivity index (χ1n) is 10.2. The Morgan fingerprint density at radius 3 is 2.48 bits per heavy atom. The number of benzene rings is 1. The van der Waals surface area contributed by atoms with Gasteiger partial charge in [-0.3, -0.25) is 9.79 Å². The Kier molecular flexibility index (Phi) is 8.12. The molecule has 1 aliphatic heterocycles. The Balaban J connectivity index is 1.22. The van der Waals surface area contributed by atoms with Gasteiger partial charge in [-0.1, -0.05) is 24.3 Å². The van der Waals surface area contributed by atoms with E-state index >= 15 is 0 Å². The van der Waals surface area contributed by atoms with Crippen LogP contribution in [0.5, 0.6) is 0 Å². The number of hydrogen-bond acceptors (Lipinski definition) is 4. The SMILES string of the molecule is CN=C(NCCCOCc1ccco1)NCCCC(=O)N1Cc2ccccc2C1. The molecule has 2 N–H and O–H groups in total. The molecule has 29 heavy (non-hydrogen) atoms. The maximum Gasteiger partial charge on any atom is 0.223 e. The summed E-state index contributed by atoms with van der Waals surface area (Å²) in [7, 11) is 1.75. The Labute approximate surface area is 172 Å². The summed E-state index contributed by atoms with van der Waals surface area (Å²) < 4.78 is 10.8. The Morgan fingerprint density at radius 1 is 1.10 bits per heavy atom. The van der Waals surface area contributed by atoms with E-state index < -0.39 is 0 Å². The lowest BCUT2D eigenvalue weighted by atomic mass is 10.1. The monoisotopic (exact) mass is 398 g/mol. The molecule has 0 atom stereocenters. The Morgan fingerprint density at radius 2 is 1.83 bits per heavy atom. The van der Waals surface area contributed by atoms with Crippen LogP contribution < -0.4 is 10.6 Å². The molecule has 156 valence electrons. The van der Waals surface area contributed by atoms with E-state index in [0.29, 0.717) is 26.2 Å². The number of ether oxygens (including phenoxy) is 1. The van der Waals surface area contributed by atoms with Crippen LogP contribution in [0.1, 0.15) is 36.1 Å². The number of carbonyl (C=O) groups excluding carboxylic acids is 1. The second-order valence-corrected chi connectivity index (χ2v) is 7.03. The van der Waals surface area contributed by atoms with Gasteiger partial charge in [-0.2, -0.15) is 0 Å². The highest BCUT2D eigenvalue weighted by atomic mass is 16.5. The zero-order chi connectivity index (χ0) is 20.3. The third kappa shape index (κ3) is 6.64. The van der Waals surface area contributed by atoms with E-state index in [-0.39, 0.29) is 5.91 Å². The molecule has 2 heterocycles.